The van der Waals surface area contributed by atoms with Gasteiger partial charge in [0.25, 0.3) is 0 Å². The molecule has 3 rings (SSSR count). The molecule has 1 N–H and O–H groups in total. The van der Waals surface area contributed by atoms with Gasteiger partial charge >= 0.3 is 5.97 Å². The SMILES string of the molecule is CC(C1CC1)N1CC(N(C)C2=CCCC(C(=O)O)=C2)C1. The fraction of sp³-hybridized carbons (Fsp3) is 0.688. The van der Waals surface area contributed by atoms with Gasteiger partial charge in [0, 0.05) is 37.4 Å². The van der Waals surface area contributed by atoms with Crippen LogP contribution in [0.3, 0.4) is 0 Å². The van der Waals surface area contributed by atoms with E-state index in [1.54, 1.807) is 0 Å². The number of carbonyl (C=O) groups is 1. The molecule has 0 aromatic heterocycles. The van der Waals surface area contributed by atoms with Gasteiger partial charge < -0.3 is 10.0 Å². The van der Waals surface area contributed by atoms with Crippen molar-refractivity contribution in [3.05, 3.63) is 23.4 Å². The van der Waals surface area contributed by atoms with Crippen molar-refractivity contribution < 1.29 is 9.90 Å². The average Bonchev–Trinajstić information content (AvgIpc) is 3.21. The second kappa shape index (κ2) is 5.24. The van der Waals surface area contributed by atoms with Crippen molar-refractivity contribution in [2.45, 2.75) is 44.7 Å². The van der Waals surface area contributed by atoms with Gasteiger partial charge in [-0.1, -0.05) is 6.08 Å². The Balaban J connectivity index is 1.56. The third-order valence-corrected chi connectivity index (χ3v) is 5.09. The van der Waals surface area contributed by atoms with E-state index in [4.69, 9.17) is 5.11 Å². The lowest BCUT2D eigenvalue weighted by atomic mass is 9.98. The first-order valence-corrected chi connectivity index (χ1v) is 7.67. The maximum atomic E-state index is 11.1. The molecular weight excluding hydrogens is 252 g/mol. The quantitative estimate of drug-likeness (QED) is 0.835. The number of likely N-dealkylation sites (tertiary alicyclic amines) is 1. The highest BCUT2D eigenvalue weighted by atomic mass is 16.4. The van der Waals surface area contributed by atoms with E-state index in [0.717, 1.165) is 37.2 Å². The molecule has 1 saturated carbocycles. The molecule has 1 saturated heterocycles. The van der Waals surface area contributed by atoms with Gasteiger partial charge in [-0.25, -0.2) is 4.79 Å². The van der Waals surface area contributed by atoms with Crippen LogP contribution in [0.4, 0.5) is 0 Å². The lowest BCUT2D eigenvalue weighted by molar-refractivity contribution is -0.132. The van der Waals surface area contributed by atoms with Crippen LogP contribution in [0.15, 0.2) is 23.4 Å². The maximum Gasteiger partial charge on any atom is 0.331 e. The molecule has 0 spiro atoms. The molecule has 20 heavy (non-hydrogen) atoms. The van der Waals surface area contributed by atoms with Crippen LogP contribution in [0.2, 0.25) is 0 Å². The highest BCUT2D eigenvalue weighted by molar-refractivity contribution is 5.87. The summed E-state index contributed by atoms with van der Waals surface area (Å²) in [4.78, 5) is 15.9. The number of hydrogen-bond acceptors (Lipinski definition) is 3. The first-order valence-electron chi connectivity index (χ1n) is 7.67. The first-order chi connectivity index (χ1) is 9.56. The summed E-state index contributed by atoms with van der Waals surface area (Å²) in [6.45, 7) is 4.57. The Hall–Kier alpha value is -1.29. The van der Waals surface area contributed by atoms with Crippen LogP contribution in [-0.2, 0) is 4.79 Å². The normalized spacial score (nSPS) is 25.5. The minimum absolute atomic E-state index is 0.534. The standard InChI is InChI=1S/C16H24N2O2/c1-11(12-6-7-12)18-9-15(10-18)17(2)14-5-3-4-13(8-14)16(19)20/h5,8,11-12,15H,3-4,6-7,9-10H2,1-2H3,(H,19,20). The monoisotopic (exact) mass is 276 g/mol. The van der Waals surface area contributed by atoms with E-state index >= 15 is 0 Å². The molecule has 1 unspecified atom stereocenters. The molecule has 110 valence electrons. The number of allylic oxidation sites excluding steroid dienone is 2. The van der Waals surface area contributed by atoms with Gasteiger partial charge in [0.2, 0.25) is 0 Å². The third kappa shape index (κ3) is 2.62. The van der Waals surface area contributed by atoms with Crippen molar-refractivity contribution in [2.75, 3.05) is 20.1 Å². The molecule has 3 aliphatic rings. The van der Waals surface area contributed by atoms with E-state index in [1.807, 2.05) is 6.08 Å². The maximum absolute atomic E-state index is 11.1. The fourth-order valence-corrected chi connectivity index (χ4v) is 3.25. The van der Waals surface area contributed by atoms with E-state index in [-0.39, 0.29) is 0 Å². The van der Waals surface area contributed by atoms with Crippen LogP contribution in [-0.4, -0.2) is 53.1 Å². The highest BCUT2D eigenvalue weighted by Crippen LogP contribution is 2.37. The van der Waals surface area contributed by atoms with Crippen LogP contribution in [0, 0.1) is 5.92 Å². The minimum atomic E-state index is -0.776. The summed E-state index contributed by atoms with van der Waals surface area (Å²) in [5.41, 5.74) is 1.62. The zero-order valence-corrected chi connectivity index (χ0v) is 12.4. The summed E-state index contributed by atoms with van der Waals surface area (Å²) < 4.78 is 0. The third-order valence-electron chi connectivity index (χ3n) is 5.09. The van der Waals surface area contributed by atoms with Crippen LogP contribution >= 0.6 is 0 Å². The first kappa shape index (κ1) is 13.7. The molecule has 2 fully saturated rings. The topological polar surface area (TPSA) is 43.8 Å². The molecule has 0 aromatic carbocycles. The summed E-state index contributed by atoms with van der Waals surface area (Å²) in [7, 11) is 2.09. The summed E-state index contributed by atoms with van der Waals surface area (Å²) >= 11 is 0. The van der Waals surface area contributed by atoms with Crippen LogP contribution < -0.4 is 0 Å². The lowest BCUT2D eigenvalue weighted by Crippen LogP contribution is -2.60. The number of hydrogen-bond donors (Lipinski definition) is 1. The Morgan fingerprint density at radius 1 is 1.45 bits per heavy atom. The Labute approximate surface area is 120 Å². The van der Waals surface area contributed by atoms with Crippen LogP contribution in [0.5, 0.6) is 0 Å². The molecule has 4 heteroatoms. The lowest BCUT2D eigenvalue weighted by Gasteiger charge is -2.48. The minimum Gasteiger partial charge on any atom is -0.478 e. The molecule has 1 heterocycles. The van der Waals surface area contributed by atoms with Gasteiger partial charge in [-0.05, 0) is 44.6 Å². The number of carboxylic acid groups (broad SMARTS) is 1. The van der Waals surface area contributed by atoms with Gasteiger partial charge in [0.1, 0.15) is 0 Å². The summed E-state index contributed by atoms with van der Waals surface area (Å²) in [5, 5.41) is 9.11. The van der Waals surface area contributed by atoms with Crippen molar-refractivity contribution in [1.29, 1.82) is 0 Å². The second-order valence-corrected chi connectivity index (χ2v) is 6.44. The van der Waals surface area contributed by atoms with Gasteiger partial charge in [-0.2, -0.15) is 0 Å². The highest BCUT2D eigenvalue weighted by Gasteiger charge is 2.39. The molecule has 0 radical (unpaired) electrons. The predicted molar refractivity (Wildman–Crippen MR) is 78.3 cm³/mol. The second-order valence-electron chi connectivity index (χ2n) is 6.44. The number of carboxylic acids is 1. The summed E-state index contributed by atoms with van der Waals surface area (Å²) in [6, 6.07) is 1.26. The van der Waals surface area contributed by atoms with Crippen molar-refractivity contribution in [3.63, 3.8) is 0 Å². The Kier molecular flexibility index (Phi) is 3.59. The van der Waals surface area contributed by atoms with Crippen molar-refractivity contribution in [1.82, 2.24) is 9.80 Å². The van der Waals surface area contributed by atoms with E-state index < -0.39 is 5.97 Å². The number of rotatable bonds is 5. The average molecular weight is 276 g/mol. The smallest absolute Gasteiger partial charge is 0.331 e. The van der Waals surface area contributed by atoms with Gasteiger partial charge in [0.15, 0.2) is 0 Å². The Bertz CT molecular complexity index is 459. The molecule has 4 nitrogen and oxygen atoms in total. The number of nitrogens with zero attached hydrogens (tertiary/aromatic N) is 2. The zero-order valence-electron chi connectivity index (χ0n) is 12.4. The predicted octanol–water partition coefficient (Wildman–Crippen LogP) is 2.09. The molecule has 1 atom stereocenters. The fourth-order valence-electron chi connectivity index (χ4n) is 3.25. The van der Waals surface area contributed by atoms with Gasteiger partial charge in [0.05, 0.1) is 6.04 Å². The zero-order chi connectivity index (χ0) is 14.3. The molecule has 1 aliphatic heterocycles. The Morgan fingerprint density at radius 2 is 2.15 bits per heavy atom. The van der Waals surface area contributed by atoms with Crippen molar-refractivity contribution in [2.24, 2.45) is 5.92 Å². The van der Waals surface area contributed by atoms with E-state index in [1.165, 1.54) is 12.8 Å². The summed E-state index contributed by atoms with van der Waals surface area (Å²) in [5.74, 6) is 0.148. The summed E-state index contributed by atoms with van der Waals surface area (Å²) in [6.07, 6.45) is 8.30. The van der Waals surface area contributed by atoms with E-state index in [0.29, 0.717) is 18.0 Å². The van der Waals surface area contributed by atoms with Crippen molar-refractivity contribution in [3.8, 4) is 0 Å². The molecule has 0 amide bonds. The molecule has 0 bridgehead atoms. The molecule has 2 aliphatic carbocycles. The van der Waals surface area contributed by atoms with Gasteiger partial charge in [-0.3, -0.25) is 4.90 Å². The van der Waals surface area contributed by atoms with Crippen molar-refractivity contribution >= 4 is 5.97 Å². The van der Waals surface area contributed by atoms with Gasteiger partial charge in [-0.15, -0.1) is 0 Å². The van der Waals surface area contributed by atoms with Crippen LogP contribution in [0.1, 0.15) is 32.6 Å². The molecular formula is C16H24N2O2. The van der Waals surface area contributed by atoms with Crippen LogP contribution in [0.25, 0.3) is 0 Å². The van der Waals surface area contributed by atoms with E-state index in [9.17, 15) is 4.79 Å². The number of likely N-dealkylation sites (N-methyl/N-ethyl adjacent to an activating group) is 1. The molecule has 0 aromatic rings. The van der Waals surface area contributed by atoms with E-state index in [2.05, 4.69) is 29.8 Å². The largest absolute Gasteiger partial charge is 0.478 e. The number of aliphatic carboxylic acids is 1. The Morgan fingerprint density at radius 3 is 2.75 bits per heavy atom.